The fourth-order valence-electron chi connectivity index (χ4n) is 2.41. The first kappa shape index (κ1) is 12.9. The van der Waals surface area contributed by atoms with Crippen LogP contribution in [0.5, 0.6) is 0 Å². The molecule has 3 rings (SSSR count). The molecule has 0 saturated heterocycles. The van der Waals surface area contributed by atoms with Crippen LogP contribution in [0.3, 0.4) is 0 Å². The van der Waals surface area contributed by atoms with Gasteiger partial charge in [0.1, 0.15) is 5.58 Å². The Morgan fingerprint density at radius 2 is 1.70 bits per heavy atom. The quantitative estimate of drug-likeness (QED) is 0.605. The number of fused-ring (bicyclic) bond motifs is 1. The number of rotatable bonds is 1. The van der Waals surface area contributed by atoms with Gasteiger partial charge in [-0.25, -0.2) is 4.79 Å². The average Bonchev–Trinajstić information content (AvgIpc) is 2.40. The summed E-state index contributed by atoms with van der Waals surface area (Å²) in [5.41, 5.74) is 3.73. The van der Waals surface area contributed by atoms with Crippen molar-refractivity contribution in [1.29, 1.82) is 0 Å². The van der Waals surface area contributed by atoms with E-state index in [1.165, 1.54) is 0 Å². The van der Waals surface area contributed by atoms with Crippen LogP contribution in [0, 0.1) is 13.8 Å². The third-order valence-corrected chi connectivity index (χ3v) is 3.71. The topological polar surface area (TPSA) is 30.2 Å². The Morgan fingerprint density at radius 1 is 1.00 bits per heavy atom. The zero-order chi connectivity index (χ0) is 14.3. The Bertz CT molecular complexity index is 845. The fourth-order valence-corrected chi connectivity index (χ4v) is 2.54. The van der Waals surface area contributed by atoms with Gasteiger partial charge in [-0.2, -0.15) is 0 Å². The summed E-state index contributed by atoms with van der Waals surface area (Å²) in [5.74, 6) is 0. The van der Waals surface area contributed by atoms with Gasteiger partial charge in [-0.3, -0.25) is 0 Å². The monoisotopic (exact) mass is 284 g/mol. The van der Waals surface area contributed by atoms with Gasteiger partial charge in [0.05, 0.1) is 5.56 Å². The van der Waals surface area contributed by atoms with Gasteiger partial charge in [0, 0.05) is 10.4 Å². The Kier molecular flexibility index (Phi) is 3.11. The molecule has 0 atom stereocenters. The predicted molar refractivity (Wildman–Crippen MR) is 82.4 cm³/mol. The van der Waals surface area contributed by atoms with Crippen LogP contribution < -0.4 is 5.63 Å². The summed E-state index contributed by atoms with van der Waals surface area (Å²) in [6, 6.07) is 13.1. The fraction of sp³-hybridized carbons (Fsp3) is 0.118. The van der Waals surface area contributed by atoms with Crippen molar-refractivity contribution < 1.29 is 4.42 Å². The molecule has 0 spiro atoms. The van der Waals surface area contributed by atoms with Crippen LogP contribution in [-0.2, 0) is 0 Å². The summed E-state index contributed by atoms with van der Waals surface area (Å²) in [7, 11) is 0. The van der Waals surface area contributed by atoms with Crippen molar-refractivity contribution in [1.82, 2.24) is 0 Å². The molecule has 1 heterocycles. The molecule has 100 valence electrons. The van der Waals surface area contributed by atoms with Gasteiger partial charge < -0.3 is 4.42 Å². The summed E-state index contributed by atoms with van der Waals surface area (Å²) < 4.78 is 5.45. The minimum absolute atomic E-state index is 0.317. The molecular weight excluding hydrogens is 272 g/mol. The molecular formula is C17H13ClO2. The lowest BCUT2D eigenvalue weighted by Crippen LogP contribution is -2.06. The molecule has 0 fully saturated rings. The van der Waals surface area contributed by atoms with E-state index < -0.39 is 0 Å². The summed E-state index contributed by atoms with van der Waals surface area (Å²) in [4.78, 5) is 12.3. The number of aryl methyl sites for hydroxylation is 2. The summed E-state index contributed by atoms with van der Waals surface area (Å²) in [6.45, 7) is 3.92. The maximum absolute atomic E-state index is 12.3. The third kappa shape index (κ3) is 2.12. The van der Waals surface area contributed by atoms with Crippen molar-refractivity contribution in [3.05, 3.63) is 69.0 Å². The van der Waals surface area contributed by atoms with Crippen molar-refractivity contribution in [2.75, 3.05) is 0 Å². The van der Waals surface area contributed by atoms with Gasteiger partial charge in [-0.05, 0) is 48.7 Å². The van der Waals surface area contributed by atoms with Crippen LogP contribution in [0.4, 0.5) is 0 Å². The van der Waals surface area contributed by atoms with E-state index in [1.807, 2.05) is 44.2 Å². The first-order chi connectivity index (χ1) is 9.56. The Balaban J connectivity index is 2.34. The molecule has 0 radical (unpaired) electrons. The van der Waals surface area contributed by atoms with E-state index in [-0.39, 0.29) is 5.63 Å². The van der Waals surface area contributed by atoms with Gasteiger partial charge in [-0.15, -0.1) is 0 Å². The highest BCUT2D eigenvalue weighted by atomic mass is 35.5. The molecule has 0 unspecified atom stereocenters. The van der Waals surface area contributed by atoms with Crippen molar-refractivity contribution >= 4 is 22.6 Å². The lowest BCUT2D eigenvalue weighted by atomic mass is 9.99. The highest BCUT2D eigenvalue weighted by Crippen LogP contribution is 2.27. The van der Waals surface area contributed by atoms with E-state index in [1.54, 1.807) is 12.1 Å². The normalized spacial score (nSPS) is 10.9. The highest BCUT2D eigenvalue weighted by Gasteiger charge is 2.13. The first-order valence-electron chi connectivity index (χ1n) is 6.36. The Hall–Kier alpha value is -2.06. The molecule has 0 N–H and O–H groups in total. The van der Waals surface area contributed by atoms with Gasteiger partial charge in [0.25, 0.3) is 0 Å². The zero-order valence-electron chi connectivity index (χ0n) is 11.2. The van der Waals surface area contributed by atoms with Crippen LogP contribution in [0.1, 0.15) is 11.1 Å². The van der Waals surface area contributed by atoms with Gasteiger partial charge in [0.2, 0.25) is 0 Å². The molecule has 3 aromatic rings. The zero-order valence-corrected chi connectivity index (χ0v) is 12.0. The molecule has 0 aliphatic rings. The van der Waals surface area contributed by atoms with Crippen LogP contribution in [0.25, 0.3) is 22.1 Å². The summed E-state index contributed by atoms with van der Waals surface area (Å²) in [6.07, 6.45) is 0. The van der Waals surface area contributed by atoms with Crippen LogP contribution in [-0.4, -0.2) is 0 Å². The standard InChI is InChI=1S/C17H13ClO2/c1-10-3-8-14-11(2)16(17(19)20-15(14)9-10)12-4-6-13(18)7-5-12/h3-9H,1-2H3. The largest absolute Gasteiger partial charge is 0.422 e. The predicted octanol–water partition coefficient (Wildman–Crippen LogP) is 4.73. The number of benzene rings is 2. The van der Waals surface area contributed by atoms with E-state index >= 15 is 0 Å². The van der Waals surface area contributed by atoms with Crippen molar-refractivity contribution in [2.45, 2.75) is 13.8 Å². The molecule has 0 saturated carbocycles. The number of hydrogen-bond acceptors (Lipinski definition) is 2. The average molecular weight is 285 g/mol. The van der Waals surface area contributed by atoms with E-state index in [0.717, 1.165) is 22.1 Å². The second-order valence-electron chi connectivity index (χ2n) is 4.90. The van der Waals surface area contributed by atoms with Crippen LogP contribution >= 0.6 is 11.6 Å². The lowest BCUT2D eigenvalue weighted by Gasteiger charge is -2.08. The molecule has 0 aliphatic heterocycles. The SMILES string of the molecule is Cc1ccc2c(C)c(-c3ccc(Cl)cc3)c(=O)oc2c1. The maximum atomic E-state index is 12.3. The molecule has 0 aliphatic carbocycles. The van der Waals surface area contributed by atoms with E-state index in [4.69, 9.17) is 16.0 Å². The molecule has 0 bridgehead atoms. The molecule has 20 heavy (non-hydrogen) atoms. The minimum atomic E-state index is -0.317. The molecule has 2 aromatic carbocycles. The second kappa shape index (κ2) is 4.80. The molecule has 0 amide bonds. The molecule has 2 nitrogen and oxygen atoms in total. The lowest BCUT2D eigenvalue weighted by molar-refractivity contribution is 0.562. The second-order valence-corrected chi connectivity index (χ2v) is 5.33. The maximum Gasteiger partial charge on any atom is 0.344 e. The van der Waals surface area contributed by atoms with Gasteiger partial charge >= 0.3 is 5.63 Å². The first-order valence-corrected chi connectivity index (χ1v) is 6.74. The van der Waals surface area contributed by atoms with Gasteiger partial charge in [0.15, 0.2) is 0 Å². The van der Waals surface area contributed by atoms with Crippen molar-refractivity contribution in [3.8, 4) is 11.1 Å². The minimum Gasteiger partial charge on any atom is -0.422 e. The third-order valence-electron chi connectivity index (χ3n) is 3.46. The van der Waals surface area contributed by atoms with Crippen molar-refractivity contribution in [2.24, 2.45) is 0 Å². The number of halogens is 1. The van der Waals surface area contributed by atoms with E-state index in [9.17, 15) is 4.79 Å². The Morgan fingerprint density at radius 3 is 2.40 bits per heavy atom. The summed E-state index contributed by atoms with van der Waals surface area (Å²) in [5, 5.41) is 1.60. The molecule has 1 aromatic heterocycles. The smallest absolute Gasteiger partial charge is 0.344 e. The highest BCUT2D eigenvalue weighted by molar-refractivity contribution is 6.30. The van der Waals surface area contributed by atoms with Crippen molar-refractivity contribution in [3.63, 3.8) is 0 Å². The molecule has 3 heteroatoms. The summed E-state index contributed by atoms with van der Waals surface area (Å²) >= 11 is 5.89. The van der Waals surface area contributed by atoms with Crippen LogP contribution in [0.15, 0.2) is 51.7 Å². The van der Waals surface area contributed by atoms with E-state index in [2.05, 4.69) is 0 Å². The number of hydrogen-bond donors (Lipinski definition) is 0. The Labute approximate surface area is 121 Å². The van der Waals surface area contributed by atoms with E-state index in [0.29, 0.717) is 16.2 Å². The van der Waals surface area contributed by atoms with Gasteiger partial charge in [-0.1, -0.05) is 35.9 Å². The van der Waals surface area contributed by atoms with Crippen LogP contribution in [0.2, 0.25) is 5.02 Å².